The maximum Gasteiger partial charge on any atom is 0.0602 e. The first-order valence-electron chi connectivity index (χ1n) is 10.5. The Morgan fingerprint density at radius 3 is 1.03 bits per heavy atom. The summed E-state index contributed by atoms with van der Waals surface area (Å²) in [6, 6.07) is 0. The number of aliphatic hydroxyl groups is 4. The molecule has 4 nitrogen and oxygen atoms in total. The quantitative estimate of drug-likeness (QED) is 0.163. The van der Waals surface area contributed by atoms with E-state index in [-0.39, 0.29) is 24.4 Å². The third-order valence-corrected chi connectivity index (χ3v) is 12.4. The third kappa shape index (κ3) is 21.8. The topological polar surface area (TPSA) is 80.9 Å². The van der Waals surface area contributed by atoms with Crippen molar-refractivity contribution in [2.45, 2.75) is 62.6 Å². The molecule has 0 heterocycles. The lowest BCUT2D eigenvalue weighted by atomic mass is 10.3. The lowest BCUT2D eigenvalue weighted by Gasteiger charge is -2.27. The number of hydrogen-bond donors (Lipinski definition) is 4. The molecular weight excluding hydrogens is 497 g/mol. The van der Waals surface area contributed by atoms with Crippen LogP contribution < -0.4 is 0 Å². The van der Waals surface area contributed by atoms with E-state index < -0.39 is 0 Å². The van der Waals surface area contributed by atoms with E-state index in [0.29, 0.717) is 10.5 Å². The van der Waals surface area contributed by atoms with Crippen LogP contribution in [0.15, 0.2) is 0 Å². The van der Waals surface area contributed by atoms with E-state index in [9.17, 15) is 20.4 Å². The van der Waals surface area contributed by atoms with Crippen LogP contribution in [0, 0.1) is 0 Å². The van der Waals surface area contributed by atoms with E-state index in [1.165, 1.54) is 0 Å². The summed E-state index contributed by atoms with van der Waals surface area (Å²) < 4.78 is 0. The van der Waals surface area contributed by atoms with Gasteiger partial charge in [-0.05, 0) is 27.7 Å². The van der Waals surface area contributed by atoms with Crippen molar-refractivity contribution in [1.82, 2.24) is 0 Å². The largest absolute Gasteiger partial charge is 0.393 e. The first-order valence-corrected chi connectivity index (χ1v) is 17.2. The summed E-state index contributed by atoms with van der Waals surface area (Å²) in [6.45, 7) is 7.34. The summed E-state index contributed by atoms with van der Waals surface area (Å²) in [5.74, 6) is 9.32. The summed E-state index contributed by atoms with van der Waals surface area (Å²) in [7, 11) is 0. The Morgan fingerprint density at radius 2 is 0.733 bits per heavy atom. The maximum atomic E-state index is 9.63. The van der Waals surface area contributed by atoms with Crippen molar-refractivity contribution >= 4 is 70.6 Å². The maximum absolute atomic E-state index is 9.63. The highest BCUT2D eigenvalue weighted by atomic mass is 32.2. The number of hydrogen-bond acceptors (Lipinski definition) is 10. The molecule has 182 valence electrons. The molecule has 0 aliphatic heterocycles. The molecule has 10 heteroatoms. The second-order valence-corrected chi connectivity index (χ2v) is 14.6. The molecule has 6 unspecified atom stereocenters. The van der Waals surface area contributed by atoms with E-state index in [1.807, 2.05) is 74.7 Å². The third-order valence-electron chi connectivity index (χ3n) is 3.53. The van der Waals surface area contributed by atoms with Gasteiger partial charge in [0.05, 0.1) is 24.4 Å². The van der Waals surface area contributed by atoms with Gasteiger partial charge in [-0.1, -0.05) is 0 Å². The lowest BCUT2D eigenvalue weighted by Crippen LogP contribution is -2.28. The summed E-state index contributed by atoms with van der Waals surface area (Å²) in [5, 5.41) is 39.1. The SMILES string of the molecule is CC(O)CSCCSC(CSCC(C)O)C(CSCC(C)O)SCCSCC(C)O. The van der Waals surface area contributed by atoms with Crippen molar-refractivity contribution in [2.24, 2.45) is 0 Å². The van der Waals surface area contributed by atoms with Gasteiger partial charge in [0.15, 0.2) is 0 Å². The van der Waals surface area contributed by atoms with E-state index in [4.69, 9.17) is 0 Å². The molecule has 0 saturated carbocycles. The van der Waals surface area contributed by atoms with Crippen LogP contribution in [0.1, 0.15) is 27.7 Å². The minimum atomic E-state index is -0.283. The zero-order valence-electron chi connectivity index (χ0n) is 18.8. The molecule has 0 bridgehead atoms. The smallest absolute Gasteiger partial charge is 0.0602 e. The van der Waals surface area contributed by atoms with Crippen LogP contribution in [-0.4, -0.2) is 113 Å². The van der Waals surface area contributed by atoms with E-state index in [0.717, 1.165) is 57.5 Å². The molecule has 0 aliphatic carbocycles. The zero-order valence-corrected chi connectivity index (χ0v) is 23.7. The molecule has 0 radical (unpaired) electrons. The Bertz CT molecular complexity index is 341. The molecule has 0 saturated heterocycles. The molecule has 0 aromatic heterocycles. The summed E-state index contributed by atoms with van der Waals surface area (Å²) in [5.41, 5.74) is 0. The Labute approximate surface area is 210 Å². The minimum Gasteiger partial charge on any atom is -0.393 e. The second-order valence-electron chi connectivity index (χ2n) is 7.44. The van der Waals surface area contributed by atoms with Crippen molar-refractivity contribution < 1.29 is 20.4 Å². The van der Waals surface area contributed by atoms with Crippen LogP contribution in [0.2, 0.25) is 0 Å². The molecule has 0 aliphatic rings. The van der Waals surface area contributed by atoms with Crippen LogP contribution in [0.3, 0.4) is 0 Å². The van der Waals surface area contributed by atoms with Crippen LogP contribution >= 0.6 is 70.6 Å². The summed E-state index contributed by atoms with van der Waals surface area (Å²) >= 11 is 11.3. The Balaban J connectivity index is 4.70. The van der Waals surface area contributed by atoms with Crippen LogP contribution in [0.5, 0.6) is 0 Å². The van der Waals surface area contributed by atoms with Gasteiger partial charge in [-0.3, -0.25) is 0 Å². The van der Waals surface area contributed by atoms with Crippen LogP contribution in [-0.2, 0) is 0 Å². The van der Waals surface area contributed by atoms with Crippen molar-refractivity contribution in [3.05, 3.63) is 0 Å². The van der Waals surface area contributed by atoms with Gasteiger partial charge in [0.2, 0.25) is 0 Å². The van der Waals surface area contributed by atoms with Crippen molar-refractivity contribution in [3.8, 4) is 0 Å². The molecular formula is C20H42O4S6. The molecule has 4 N–H and O–H groups in total. The summed E-state index contributed by atoms with van der Waals surface area (Å²) in [6.07, 6.45) is -1.07. The standard InChI is InChI=1S/C20H42O4S6/c1-15(21)9-25-5-7-29-19(13-27-11-17(3)23)20(14-28-12-18(4)24)30-8-6-26-10-16(2)22/h15-24H,5-14H2,1-4H3. The molecule has 30 heavy (non-hydrogen) atoms. The Kier molecular flexibility index (Phi) is 22.9. The van der Waals surface area contributed by atoms with Crippen molar-refractivity contribution in [1.29, 1.82) is 0 Å². The number of rotatable bonds is 21. The van der Waals surface area contributed by atoms with Gasteiger partial charge < -0.3 is 20.4 Å². The van der Waals surface area contributed by atoms with E-state index >= 15 is 0 Å². The van der Waals surface area contributed by atoms with Gasteiger partial charge in [-0.25, -0.2) is 0 Å². The van der Waals surface area contributed by atoms with Gasteiger partial charge in [-0.2, -0.15) is 70.6 Å². The fraction of sp³-hybridized carbons (Fsp3) is 1.00. The highest BCUT2D eigenvalue weighted by Gasteiger charge is 2.23. The fourth-order valence-electron chi connectivity index (χ4n) is 2.26. The number of aliphatic hydroxyl groups excluding tert-OH is 4. The molecule has 0 amide bonds. The van der Waals surface area contributed by atoms with Gasteiger partial charge in [-0.15, -0.1) is 0 Å². The second kappa shape index (κ2) is 21.5. The molecule has 0 aromatic carbocycles. The first kappa shape index (κ1) is 31.9. The van der Waals surface area contributed by atoms with Crippen molar-refractivity contribution in [2.75, 3.05) is 57.5 Å². The minimum absolute atomic E-state index is 0.253. The zero-order chi connectivity index (χ0) is 22.8. The van der Waals surface area contributed by atoms with E-state index in [2.05, 4.69) is 0 Å². The van der Waals surface area contributed by atoms with Gasteiger partial charge in [0.1, 0.15) is 0 Å². The van der Waals surface area contributed by atoms with Crippen molar-refractivity contribution in [3.63, 3.8) is 0 Å². The number of thioether (sulfide) groups is 6. The van der Waals surface area contributed by atoms with Gasteiger partial charge in [0.25, 0.3) is 0 Å². The lowest BCUT2D eigenvalue weighted by molar-refractivity contribution is 0.220. The van der Waals surface area contributed by atoms with Gasteiger partial charge in [0, 0.05) is 68.0 Å². The normalized spacial score (nSPS) is 18.0. The predicted octanol–water partition coefficient (Wildman–Crippen LogP) is 3.65. The molecule has 0 fully saturated rings. The molecule has 0 aromatic rings. The average molecular weight is 539 g/mol. The molecule has 6 atom stereocenters. The van der Waals surface area contributed by atoms with Gasteiger partial charge >= 0.3 is 0 Å². The first-order chi connectivity index (χ1) is 14.2. The highest BCUT2D eigenvalue weighted by molar-refractivity contribution is 8.08. The Hall–Kier alpha value is 1.94. The monoisotopic (exact) mass is 538 g/mol. The summed E-state index contributed by atoms with van der Waals surface area (Å²) in [4.78, 5) is 0. The molecule has 0 spiro atoms. The Morgan fingerprint density at radius 1 is 0.433 bits per heavy atom. The average Bonchev–Trinajstić information content (AvgIpc) is 2.63. The predicted molar refractivity (Wildman–Crippen MR) is 149 cm³/mol. The highest BCUT2D eigenvalue weighted by Crippen LogP contribution is 2.32. The molecule has 0 rings (SSSR count). The van der Waals surface area contributed by atoms with Crippen LogP contribution in [0.4, 0.5) is 0 Å². The van der Waals surface area contributed by atoms with E-state index in [1.54, 1.807) is 23.5 Å². The fourth-order valence-corrected chi connectivity index (χ4v) is 10.2. The van der Waals surface area contributed by atoms with Crippen LogP contribution in [0.25, 0.3) is 0 Å².